The molecule has 4 heterocycles. The molecule has 5 nitrogen and oxygen atoms in total. The first-order valence-corrected chi connectivity index (χ1v) is 9.01. The van der Waals surface area contributed by atoms with Gasteiger partial charge in [0.25, 0.3) is 0 Å². The fourth-order valence-electron chi connectivity index (χ4n) is 4.64. The van der Waals surface area contributed by atoms with E-state index in [1.807, 2.05) is 12.3 Å². The van der Waals surface area contributed by atoms with Crippen molar-refractivity contribution in [2.45, 2.75) is 44.3 Å². The lowest BCUT2D eigenvalue weighted by molar-refractivity contribution is -0.142. The predicted octanol–water partition coefficient (Wildman–Crippen LogP) is 1.48. The zero-order chi connectivity index (χ0) is 15.7. The summed E-state index contributed by atoms with van der Waals surface area (Å²) in [6, 6.07) is 0.404. The highest BCUT2D eigenvalue weighted by Crippen LogP contribution is 2.42. The van der Waals surface area contributed by atoms with Gasteiger partial charge in [-0.15, -0.1) is 0 Å². The van der Waals surface area contributed by atoms with Crippen molar-refractivity contribution >= 4 is 5.91 Å². The molecule has 4 aliphatic heterocycles. The molecular weight excluding hydrogens is 290 g/mol. The molecule has 126 valence electrons. The molecule has 1 N–H and O–H groups in total. The topological polar surface area (TPSA) is 44.8 Å². The van der Waals surface area contributed by atoms with Crippen LogP contribution < -0.4 is 5.32 Å². The number of rotatable bonds is 2. The minimum Gasteiger partial charge on any atom is -0.381 e. The van der Waals surface area contributed by atoms with Crippen molar-refractivity contribution in [3.8, 4) is 0 Å². The van der Waals surface area contributed by atoms with Crippen molar-refractivity contribution in [1.82, 2.24) is 15.1 Å². The highest BCUT2D eigenvalue weighted by molar-refractivity contribution is 5.85. The van der Waals surface area contributed by atoms with Crippen LogP contribution >= 0.6 is 0 Å². The Kier molecular flexibility index (Phi) is 4.16. The first kappa shape index (κ1) is 15.2. The second kappa shape index (κ2) is 6.29. The third-order valence-corrected chi connectivity index (χ3v) is 5.94. The Morgan fingerprint density at radius 3 is 2.83 bits per heavy atom. The smallest absolute Gasteiger partial charge is 0.230 e. The Morgan fingerprint density at radius 1 is 1.17 bits per heavy atom. The van der Waals surface area contributed by atoms with Gasteiger partial charge >= 0.3 is 0 Å². The van der Waals surface area contributed by atoms with Gasteiger partial charge in [0.1, 0.15) is 0 Å². The number of amides is 1. The predicted molar refractivity (Wildman–Crippen MR) is 88.6 cm³/mol. The van der Waals surface area contributed by atoms with Crippen LogP contribution in [-0.4, -0.2) is 60.8 Å². The van der Waals surface area contributed by atoms with Gasteiger partial charge in [-0.05, 0) is 50.5 Å². The number of carbonyl (C=O) groups is 1. The Balaban J connectivity index is 1.46. The van der Waals surface area contributed by atoms with Crippen LogP contribution in [0.1, 0.15) is 32.1 Å². The summed E-state index contributed by atoms with van der Waals surface area (Å²) in [7, 11) is 0. The van der Waals surface area contributed by atoms with E-state index in [9.17, 15) is 4.79 Å². The molecule has 4 rings (SSSR count). The first-order valence-electron chi connectivity index (χ1n) is 9.01. The van der Waals surface area contributed by atoms with E-state index in [4.69, 9.17) is 4.74 Å². The molecule has 3 fully saturated rings. The maximum Gasteiger partial charge on any atom is 0.230 e. The molecular formula is C18H27N3O2. The van der Waals surface area contributed by atoms with E-state index in [0.717, 1.165) is 65.0 Å². The maximum atomic E-state index is 13.2. The zero-order valence-electron chi connectivity index (χ0n) is 13.7. The van der Waals surface area contributed by atoms with Gasteiger partial charge in [0.15, 0.2) is 0 Å². The molecule has 0 bridgehead atoms. The lowest BCUT2D eigenvalue weighted by Crippen LogP contribution is -2.54. The number of piperidine rings is 1. The Labute approximate surface area is 138 Å². The van der Waals surface area contributed by atoms with Crippen molar-refractivity contribution in [3.63, 3.8) is 0 Å². The minimum absolute atomic E-state index is 0.146. The van der Waals surface area contributed by atoms with Crippen molar-refractivity contribution in [1.29, 1.82) is 0 Å². The normalized spacial score (nSPS) is 35.9. The quantitative estimate of drug-likeness (QED) is 0.838. The fraction of sp³-hybridized carbons (Fsp3) is 0.722. The number of hydrogen-bond acceptors (Lipinski definition) is 4. The maximum absolute atomic E-state index is 13.2. The van der Waals surface area contributed by atoms with Gasteiger partial charge in [-0.2, -0.15) is 0 Å². The molecule has 1 amide bonds. The molecule has 0 saturated carbocycles. The summed E-state index contributed by atoms with van der Waals surface area (Å²) in [5.41, 5.74) is -0.146. The number of dihydropyridines is 1. The SMILES string of the molecule is O=C1N(C2CCOCC2)CC[C@@]12CCCN(C1C=CC=CN1)C2. The molecule has 1 unspecified atom stereocenters. The molecule has 1 spiro atoms. The van der Waals surface area contributed by atoms with Gasteiger partial charge in [-0.3, -0.25) is 9.69 Å². The molecule has 0 aromatic carbocycles. The Hall–Kier alpha value is -1.33. The third kappa shape index (κ3) is 2.81. The first-order chi connectivity index (χ1) is 11.3. The van der Waals surface area contributed by atoms with Gasteiger partial charge in [-0.25, -0.2) is 0 Å². The number of allylic oxidation sites excluding steroid dienone is 2. The van der Waals surface area contributed by atoms with Crippen LogP contribution in [0.4, 0.5) is 0 Å². The number of nitrogens with zero attached hydrogens (tertiary/aromatic N) is 2. The summed E-state index contributed by atoms with van der Waals surface area (Å²) in [5.74, 6) is 0.407. The van der Waals surface area contributed by atoms with Crippen LogP contribution in [0.2, 0.25) is 0 Å². The number of likely N-dealkylation sites (tertiary alicyclic amines) is 2. The third-order valence-electron chi connectivity index (χ3n) is 5.94. The highest BCUT2D eigenvalue weighted by Gasteiger charge is 2.50. The van der Waals surface area contributed by atoms with Crippen LogP contribution in [0.3, 0.4) is 0 Å². The highest BCUT2D eigenvalue weighted by atomic mass is 16.5. The van der Waals surface area contributed by atoms with E-state index < -0.39 is 0 Å². The Bertz CT molecular complexity index is 512. The van der Waals surface area contributed by atoms with E-state index >= 15 is 0 Å². The van der Waals surface area contributed by atoms with Crippen LogP contribution in [0, 0.1) is 5.41 Å². The largest absolute Gasteiger partial charge is 0.381 e. The van der Waals surface area contributed by atoms with Gasteiger partial charge in [-0.1, -0.05) is 6.08 Å². The standard InChI is InChI=1S/C18H27N3O2/c22-17-18(8-11-21(17)15-5-12-23-13-6-15)7-3-10-20(14-18)16-4-1-2-9-19-16/h1-2,4,9,15-16,19H,3,5-8,10-14H2/t16?,18-/m1/s1. The van der Waals surface area contributed by atoms with Crippen LogP contribution in [-0.2, 0) is 9.53 Å². The van der Waals surface area contributed by atoms with Crippen LogP contribution in [0.5, 0.6) is 0 Å². The van der Waals surface area contributed by atoms with Crippen molar-refractivity contribution < 1.29 is 9.53 Å². The summed E-state index contributed by atoms with van der Waals surface area (Å²) in [5, 5.41) is 3.40. The van der Waals surface area contributed by atoms with Crippen molar-refractivity contribution in [2.75, 3.05) is 32.8 Å². The molecule has 5 heteroatoms. The van der Waals surface area contributed by atoms with Crippen molar-refractivity contribution in [2.24, 2.45) is 5.41 Å². The molecule has 2 atom stereocenters. The summed E-state index contributed by atoms with van der Waals surface area (Å²) >= 11 is 0. The van der Waals surface area contributed by atoms with Crippen molar-refractivity contribution in [3.05, 3.63) is 24.4 Å². The summed E-state index contributed by atoms with van der Waals surface area (Å²) in [4.78, 5) is 17.8. The lowest BCUT2D eigenvalue weighted by atomic mass is 9.78. The summed E-state index contributed by atoms with van der Waals surface area (Å²) < 4.78 is 5.46. The molecule has 0 aliphatic carbocycles. The average molecular weight is 317 g/mol. The second-order valence-corrected chi connectivity index (χ2v) is 7.30. The van der Waals surface area contributed by atoms with Gasteiger partial charge in [0.05, 0.1) is 11.6 Å². The number of carbonyl (C=O) groups excluding carboxylic acids is 1. The monoisotopic (exact) mass is 317 g/mol. The van der Waals surface area contributed by atoms with Crippen LogP contribution in [0.25, 0.3) is 0 Å². The second-order valence-electron chi connectivity index (χ2n) is 7.30. The van der Waals surface area contributed by atoms with Gasteiger partial charge in [0.2, 0.25) is 5.91 Å². The van der Waals surface area contributed by atoms with Gasteiger partial charge in [0, 0.05) is 38.9 Å². The molecule has 23 heavy (non-hydrogen) atoms. The number of ether oxygens (including phenoxy) is 1. The zero-order valence-corrected chi connectivity index (χ0v) is 13.7. The molecule has 0 aromatic heterocycles. The molecule has 0 radical (unpaired) electrons. The summed E-state index contributed by atoms with van der Waals surface area (Å²) in [6.45, 7) is 4.50. The van der Waals surface area contributed by atoms with Gasteiger partial charge < -0.3 is 15.0 Å². The number of hydrogen-bond donors (Lipinski definition) is 1. The van der Waals surface area contributed by atoms with E-state index in [2.05, 4.69) is 27.3 Å². The summed E-state index contributed by atoms with van der Waals surface area (Å²) in [6.07, 6.45) is 13.7. The molecule has 0 aromatic rings. The number of nitrogens with one attached hydrogen (secondary N) is 1. The van der Waals surface area contributed by atoms with Crippen LogP contribution in [0.15, 0.2) is 24.4 Å². The molecule has 4 aliphatic rings. The van der Waals surface area contributed by atoms with E-state index in [1.165, 1.54) is 0 Å². The van der Waals surface area contributed by atoms with E-state index in [1.54, 1.807) is 0 Å². The van der Waals surface area contributed by atoms with E-state index in [0.29, 0.717) is 11.9 Å². The minimum atomic E-state index is -0.146. The Morgan fingerprint density at radius 2 is 2.04 bits per heavy atom. The fourth-order valence-corrected chi connectivity index (χ4v) is 4.64. The molecule has 3 saturated heterocycles. The lowest BCUT2D eigenvalue weighted by Gasteiger charge is -2.43. The van der Waals surface area contributed by atoms with E-state index in [-0.39, 0.29) is 11.6 Å². The average Bonchev–Trinajstić information content (AvgIpc) is 2.93.